The van der Waals surface area contributed by atoms with Crippen molar-refractivity contribution in [3.05, 3.63) is 59.2 Å². The summed E-state index contributed by atoms with van der Waals surface area (Å²) in [4.78, 5) is 15.3. The molecule has 1 fully saturated rings. The lowest BCUT2D eigenvalue weighted by Crippen LogP contribution is -2.50. The van der Waals surface area contributed by atoms with Crippen LogP contribution in [0.5, 0.6) is 5.75 Å². The van der Waals surface area contributed by atoms with Crippen molar-refractivity contribution in [2.45, 2.75) is 77.4 Å². The molecule has 238 valence electrons. The molecule has 0 unspecified atom stereocenters. The van der Waals surface area contributed by atoms with Gasteiger partial charge in [-0.2, -0.15) is 0 Å². The minimum absolute atomic E-state index is 0.0261. The summed E-state index contributed by atoms with van der Waals surface area (Å²) in [5.74, 6) is 1.05. The smallest absolute Gasteiger partial charge is 0.225 e. The Balaban J connectivity index is 1.46. The zero-order chi connectivity index (χ0) is 30.8. The Labute approximate surface area is 257 Å². The van der Waals surface area contributed by atoms with Crippen LogP contribution in [0, 0.1) is 5.41 Å². The maximum absolute atomic E-state index is 12.9. The fourth-order valence-corrected chi connectivity index (χ4v) is 6.11. The van der Waals surface area contributed by atoms with Gasteiger partial charge in [0, 0.05) is 57.8 Å². The predicted octanol–water partition coefficient (Wildman–Crippen LogP) is 4.01. The van der Waals surface area contributed by atoms with Crippen LogP contribution < -0.4 is 20.3 Å². The van der Waals surface area contributed by atoms with E-state index in [-0.39, 0.29) is 30.5 Å². The highest BCUT2D eigenvalue weighted by Crippen LogP contribution is 2.36. The Kier molecular flexibility index (Phi) is 12.2. The van der Waals surface area contributed by atoms with Crippen molar-refractivity contribution in [1.29, 1.82) is 0 Å². The Morgan fingerprint density at radius 1 is 1.14 bits per heavy atom. The van der Waals surface area contributed by atoms with Gasteiger partial charge in [0.2, 0.25) is 5.91 Å². The Bertz CT molecular complexity index is 1160. The number of rotatable bonds is 15. The van der Waals surface area contributed by atoms with Gasteiger partial charge in [-0.15, -0.1) is 0 Å². The predicted molar refractivity (Wildman–Crippen MR) is 169 cm³/mol. The monoisotopic (exact) mass is 597 g/mol. The summed E-state index contributed by atoms with van der Waals surface area (Å²) < 4.78 is 23.2. The van der Waals surface area contributed by atoms with Crippen LogP contribution in [0.3, 0.4) is 0 Å². The molecule has 9 nitrogen and oxygen atoms in total. The average molecular weight is 598 g/mol. The van der Waals surface area contributed by atoms with Crippen molar-refractivity contribution in [2.75, 3.05) is 58.5 Å². The summed E-state index contributed by atoms with van der Waals surface area (Å²) >= 11 is 0. The molecule has 1 saturated heterocycles. The fraction of sp³-hybridized carbons (Fsp3) is 0.618. The normalized spacial score (nSPS) is 21.2. The van der Waals surface area contributed by atoms with Crippen molar-refractivity contribution in [3.8, 4) is 5.75 Å². The van der Waals surface area contributed by atoms with Gasteiger partial charge in [-0.3, -0.25) is 4.79 Å². The maximum atomic E-state index is 12.9. The lowest BCUT2D eigenvalue weighted by atomic mass is 9.77. The number of amides is 1. The number of carbonyl (C=O) groups is 1. The molecule has 3 N–H and O–H groups in total. The molecule has 0 bridgehead atoms. The summed E-state index contributed by atoms with van der Waals surface area (Å²) in [6, 6.07) is 15.1. The first kappa shape index (κ1) is 33.2. The molecule has 4 rings (SSSR count). The van der Waals surface area contributed by atoms with E-state index in [9.17, 15) is 9.90 Å². The molecule has 2 aliphatic heterocycles. The first-order valence-electron chi connectivity index (χ1n) is 15.6. The zero-order valence-electron chi connectivity index (χ0n) is 26.6. The Morgan fingerprint density at radius 3 is 2.63 bits per heavy atom. The van der Waals surface area contributed by atoms with E-state index in [0.717, 1.165) is 55.1 Å². The molecule has 43 heavy (non-hydrogen) atoms. The van der Waals surface area contributed by atoms with Gasteiger partial charge in [0.05, 0.1) is 37.7 Å². The molecule has 0 saturated carbocycles. The number of fused-ring (bicyclic) bond motifs is 1. The highest BCUT2D eigenvalue weighted by atomic mass is 16.5. The number of aliphatic hydroxyl groups is 1. The number of nitrogens with zero attached hydrogens (tertiary/aromatic N) is 1. The second-order valence-corrected chi connectivity index (χ2v) is 12.6. The van der Waals surface area contributed by atoms with Gasteiger partial charge in [0.1, 0.15) is 12.4 Å². The van der Waals surface area contributed by atoms with Gasteiger partial charge in [-0.25, -0.2) is 0 Å². The van der Waals surface area contributed by atoms with Crippen molar-refractivity contribution in [2.24, 2.45) is 5.41 Å². The van der Waals surface area contributed by atoms with Crippen LogP contribution in [-0.4, -0.2) is 82.9 Å². The number of methoxy groups -OCH3 is 2. The lowest BCUT2D eigenvalue weighted by molar-refractivity contribution is -0.130. The summed E-state index contributed by atoms with van der Waals surface area (Å²) in [7, 11) is 3.45. The molecule has 2 heterocycles. The van der Waals surface area contributed by atoms with Gasteiger partial charge in [-0.05, 0) is 55.0 Å². The van der Waals surface area contributed by atoms with Crippen LogP contribution in [0.4, 0.5) is 5.69 Å². The average Bonchev–Trinajstić information content (AvgIpc) is 2.99. The summed E-state index contributed by atoms with van der Waals surface area (Å²) in [6.07, 6.45) is 1.91. The van der Waals surface area contributed by atoms with Gasteiger partial charge in [0.25, 0.3) is 0 Å². The molecule has 9 heteroatoms. The largest absolute Gasteiger partial charge is 0.490 e. The number of hydrogen-bond acceptors (Lipinski definition) is 8. The standard InChI is InChI=1S/C34H51N3O6/c1-24(38)20-36-33(39)34(2,3)19-28-18-29(27-10-7-25(8-11-27)22-41-5)32(21-35-28)43-23-26-9-12-31-30(17-26)37(14-16-42-31)13-6-15-40-4/h7-12,17,24,28-29,32,35,38H,6,13-16,18-23H2,1-5H3,(H,36,39)/t24-,28+,29-,32+/m1/s1. The van der Waals surface area contributed by atoms with Crippen LogP contribution in [0.15, 0.2) is 42.5 Å². The van der Waals surface area contributed by atoms with E-state index in [2.05, 4.69) is 58.0 Å². The number of aliphatic hydroxyl groups excluding tert-OH is 1. The van der Waals surface area contributed by atoms with Gasteiger partial charge in [-0.1, -0.05) is 44.2 Å². The fourth-order valence-electron chi connectivity index (χ4n) is 6.11. The molecule has 2 aliphatic rings. The van der Waals surface area contributed by atoms with Crippen molar-refractivity contribution < 1.29 is 28.8 Å². The minimum atomic E-state index is -0.576. The van der Waals surface area contributed by atoms with E-state index in [4.69, 9.17) is 18.9 Å². The van der Waals surface area contributed by atoms with Crippen LogP contribution in [0.1, 0.15) is 62.6 Å². The second-order valence-electron chi connectivity index (χ2n) is 12.6. The highest BCUT2D eigenvalue weighted by molar-refractivity contribution is 5.81. The number of piperidine rings is 1. The van der Waals surface area contributed by atoms with E-state index in [1.54, 1.807) is 21.1 Å². The molecular weight excluding hydrogens is 546 g/mol. The Hall–Kier alpha value is -2.69. The number of anilines is 1. The number of carbonyl (C=O) groups excluding carboxylic acids is 1. The Morgan fingerprint density at radius 2 is 1.91 bits per heavy atom. The van der Waals surface area contributed by atoms with Crippen LogP contribution in [0.2, 0.25) is 0 Å². The molecule has 4 atom stereocenters. The van der Waals surface area contributed by atoms with E-state index in [0.29, 0.717) is 32.8 Å². The quantitative estimate of drug-likeness (QED) is 0.265. The maximum Gasteiger partial charge on any atom is 0.225 e. The van der Waals surface area contributed by atoms with E-state index >= 15 is 0 Å². The van der Waals surface area contributed by atoms with Gasteiger partial charge < -0.3 is 39.6 Å². The van der Waals surface area contributed by atoms with Crippen molar-refractivity contribution in [1.82, 2.24) is 10.6 Å². The third-order valence-electron chi connectivity index (χ3n) is 8.47. The van der Waals surface area contributed by atoms with E-state index < -0.39 is 11.5 Å². The minimum Gasteiger partial charge on any atom is -0.490 e. The second kappa shape index (κ2) is 15.9. The molecular formula is C34H51N3O6. The van der Waals surface area contributed by atoms with Crippen LogP contribution >= 0.6 is 0 Å². The number of nitrogens with one attached hydrogen (secondary N) is 2. The van der Waals surface area contributed by atoms with Gasteiger partial charge >= 0.3 is 0 Å². The third-order valence-corrected chi connectivity index (χ3v) is 8.47. The zero-order valence-corrected chi connectivity index (χ0v) is 26.6. The molecule has 0 aromatic heterocycles. The molecule has 2 aromatic carbocycles. The first-order valence-corrected chi connectivity index (χ1v) is 15.6. The molecule has 0 aliphatic carbocycles. The number of benzene rings is 2. The molecule has 2 aromatic rings. The third kappa shape index (κ3) is 9.40. The van der Waals surface area contributed by atoms with Crippen molar-refractivity contribution in [3.63, 3.8) is 0 Å². The topological polar surface area (TPSA) is 102 Å². The summed E-state index contributed by atoms with van der Waals surface area (Å²) in [6.45, 7) is 10.9. The van der Waals surface area contributed by atoms with Crippen molar-refractivity contribution >= 4 is 11.6 Å². The lowest BCUT2D eigenvalue weighted by Gasteiger charge is -2.40. The SMILES string of the molecule is COCCCN1CCOc2ccc(CO[C@H]3CN[C@H](CC(C)(C)C(=O)NC[C@@H](C)O)C[C@@H]3c3ccc(COC)cc3)cc21. The van der Waals surface area contributed by atoms with E-state index in [1.165, 1.54) is 5.56 Å². The van der Waals surface area contributed by atoms with Gasteiger partial charge in [0.15, 0.2) is 0 Å². The van der Waals surface area contributed by atoms with E-state index in [1.807, 2.05) is 13.8 Å². The number of hydrogen-bond donors (Lipinski definition) is 3. The highest BCUT2D eigenvalue weighted by Gasteiger charge is 2.37. The molecule has 0 radical (unpaired) electrons. The first-order chi connectivity index (χ1) is 20.7. The van der Waals surface area contributed by atoms with Crippen LogP contribution in [-0.2, 0) is 32.2 Å². The number of ether oxygens (including phenoxy) is 4. The summed E-state index contributed by atoms with van der Waals surface area (Å²) in [5, 5.41) is 16.2. The van der Waals surface area contributed by atoms with Crippen LogP contribution in [0.25, 0.3) is 0 Å². The molecule has 1 amide bonds. The summed E-state index contributed by atoms with van der Waals surface area (Å²) in [5.41, 5.74) is 4.03. The molecule has 0 spiro atoms.